The van der Waals surface area contributed by atoms with Crippen LogP contribution in [0.4, 0.5) is 0 Å². The van der Waals surface area contributed by atoms with Crippen molar-refractivity contribution in [2.24, 2.45) is 0 Å². The number of aliphatic hydroxyl groups excluding tert-OH is 11. The molecule has 3 aliphatic heterocycles. The number of rotatable bonds is 55. The third-order valence-corrected chi connectivity index (χ3v) is 17.8. The molecule has 530 valence electrons. The second-order valence-corrected chi connectivity index (χ2v) is 25.7. The van der Waals surface area contributed by atoms with Crippen molar-refractivity contribution in [1.29, 1.82) is 0 Å². The third-order valence-electron chi connectivity index (χ3n) is 17.8. The van der Waals surface area contributed by atoms with E-state index in [9.17, 15) is 61.0 Å². The number of aliphatic hydroxyl groups is 11. The summed E-state index contributed by atoms with van der Waals surface area (Å²) in [6, 6.07) is -1.01. The Balaban J connectivity index is 1.40. The van der Waals surface area contributed by atoms with E-state index in [1.165, 1.54) is 154 Å². The molecule has 1 amide bonds. The fraction of sp³-hybridized carbons (Fsp3) is 0.847. The number of hydrogen-bond acceptors (Lipinski definition) is 18. The van der Waals surface area contributed by atoms with Crippen LogP contribution in [-0.2, 0) is 33.2 Å². The number of allylic oxidation sites excluding steroid dienone is 9. The van der Waals surface area contributed by atoms with Gasteiger partial charge in [0.1, 0.15) is 73.2 Å². The molecule has 3 saturated heterocycles. The van der Waals surface area contributed by atoms with E-state index in [1.54, 1.807) is 6.08 Å². The summed E-state index contributed by atoms with van der Waals surface area (Å²) in [6.07, 6.45) is 39.4. The van der Waals surface area contributed by atoms with Gasteiger partial charge < -0.3 is 89.9 Å². The van der Waals surface area contributed by atoms with Crippen LogP contribution in [0.1, 0.15) is 258 Å². The molecule has 3 aliphatic rings. The first-order valence-corrected chi connectivity index (χ1v) is 36.0. The molecular weight excluding hydrogens is 1170 g/mol. The zero-order valence-electron chi connectivity index (χ0n) is 56.1. The number of carbonyl (C=O) groups is 1. The lowest BCUT2D eigenvalue weighted by molar-refractivity contribution is -0.379. The number of carbonyl (C=O) groups excluding carboxylic acids is 1. The van der Waals surface area contributed by atoms with E-state index >= 15 is 0 Å². The molecule has 17 atom stereocenters. The molecule has 0 aliphatic carbocycles. The summed E-state index contributed by atoms with van der Waals surface area (Å²) >= 11 is 0. The van der Waals surface area contributed by atoms with E-state index in [4.69, 9.17) is 28.4 Å². The van der Waals surface area contributed by atoms with Crippen LogP contribution in [0.15, 0.2) is 60.8 Å². The zero-order chi connectivity index (χ0) is 66.1. The normalized spacial score (nSPS) is 28.2. The molecule has 0 spiro atoms. The lowest BCUT2D eigenvalue weighted by Crippen LogP contribution is -2.66. The van der Waals surface area contributed by atoms with E-state index in [0.717, 1.165) is 70.6 Å². The lowest BCUT2D eigenvalue weighted by atomic mass is 9.96. The largest absolute Gasteiger partial charge is 0.394 e. The first-order valence-electron chi connectivity index (χ1n) is 36.0. The van der Waals surface area contributed by atoms with Gasteiger partial charge in [-0.3, -0.25) is 4.79 Å². The summed E-state index contributed by atoms with van der Waals surface area (Å²) in [5.74, 6) is -0.305. The first-order chi connectivity index (χ1) is 44.3. The highest BCUT2D eigenvalue weighted by Crippen LogP contribution is 2.33. The van der Waals surface area contributed by atoms with Crippen LogP contribution in [0.5, 0.6) is 0 Å². The molecule has 3 fully saturated rings. The Hall–Kier alpha value is -2.51. The van der Waals surface area contributed by atoms with Gasteiger partial charge in [0.05, 0.1) is 38.6 Å². The molecule has 91 heavy (non-hydrogen) atoms. The second-order valence-electron chi connectivity index (χ2n) is 25.7. The maximum Gasteiger partial charge on any atom is 0.220 e. The Bertz CT molecular complexity index is 1890. The predicted molar refractivity (Wildman–Crippen MR) is 355 cm³/mol. The van der Waals surface area contributed by atoms with E-state index in [0.29, 0.717) is 12.8 Å². The van der Waals surface area contributed by atoms with Gasteiger partial charge in [-0.05, 0) is 70.6 Å². The minimum absolute atomic E-state index is 0.214. The van der Waals surface area contributed by atoms with Crippen molar-refractivity contribution in [1.82, 2.24) is 5.32 Å². The first kappa shape index (κ1) is 82.7. The van der Waals surface area contributed by atoms with Crippen molar-refractivity contribution < 1.29 is 89.4 Å². The SMILES string of the molecule is CCCC/C=C\C/C=C\CCCCCCCC(=O)NC(COC1OC(CO)C(OC2OC(CO)C(OC3OC(CO)C(O)C(O)C3O)C(O)C2O)C(O)C1O)C(O)/C=C/CC/C=C/CC/C=C/CCCCCCCCCCCCCCCCCCCCCCCC. The van der Waals surface area contributed by atoms with Crippen molar-refractivity contribution in [2.45, 2.75) is 362 Å². The van der Waals surface area contributed by atoms with E-state index in [1.807, 2.05) is 6.08 Å². The molecule has 19 nitrogen and oxygen atoms in total. The Morgan fingerprint density at radius 2 is 0.747 bits per heavy atom. The number of ether oxygens (including phenoxy) is 6. The van der Waals surface area contributed by atoms with Crippen molar-refractivity contribution in [2.75, 3.05) is 26.4 Å². The van der Waals surface area contributed by atoms with Crippen LogP contribution in [-0.4, -0.2) is 193 Å². The minimum atomic E-state index is -1.99. The summed E-state index contributed by atoms with van der Waals surface area (Å²) < 4.78 is 34.3. The molecule has 0 saturated carbocycles. The smallest absolute Gasteiger partial charge is 0.220 e. The summed E-state index contributed by atoms with van der Waals surface area (Å²) in [5, 5.41) is 120. The molecule has 12 N–H and O–H groups in total. The van der Waals surface area contributed by atoms with Crippen LogP contribution in [0, 0.1) is 0 Å². The van der Waals surface area contributed by atoms with Crippen LogP contribution in [0.25, 0.3) is 0 Å². The Kier molecular flexibility index (Phi) is 48.7. The van der Waals surface area contributed by atoms with Crippen LogP contribution < -0.4 is 5.32 Å². The quantitative estimate of drug-likeness (QED) is 0.0199. The Labute approximate surface area is 547 Å². The van der Waals surface area contributed by atoms with Gasteiger partial charge in [0, 0.05) is 6.42 Å². The number of nitrogens with one attached hydrogen (secondary N) is 1. The van der Waals surface area contributed by atoms with Gasteiger partial charge in [-0.1, -0.05) is 242 Å². The van der Waals surface area contributed by atoms with Gasteiger partial charge >= 0.3 is 0 Å². The molecule has 0 aromatic heterocycles. The number of amides is 1. The molecule has 0 radical (unpaired) electrons. The standard InChI is InChI=1S/C72H129NO18/c1-3-5-7-9-11-13-15-17-19-20-21-22-23-24-25-26-27-28-29-30-31-32-33-34-35-36-37-39-41-43-45-47-49-56(77)55(73-60(78)50-48-46-44-42-40-38-18-16-14-12-10-8-6-4-2)54-86-70-66(84)63(81)68(58(52-75)88-70)91-72-67(85)64(82)69(59(53-76)89-72)90-71-65(83)62(80)61(79)57(51-74)87-71/h10,12,16,18,34-35,39,41,47,49,55-59,61-72,74-77,79-85H,3-9,11,13-15,17,19-33,36-38,40,42-46,48,50-54H2,1-2H3,(H,73,78)/b12-10-,18-16-,35-34+,41-39+,49-47+. The summed E-state index contributed by atoms with van der Waals surface area (Å²) in [5.41, 5.74) is 0. The molecule has 3 rings (SSSR count). The minimum Gasteiger partial charge on any atom is -0.394 e. The van der Waals surface area contributed by atoms with Crippen molar-refractivity contribution in [3.05, 3.63) is 60.8 Å². The Morgan fingerprint density at radius 1 is 0.396 bits per heavy atom. The molecule has 3 heterocycles. The van der Waals surface area contributed by atoms with Gasteiger partial charge in [0.25, 0.3) is 0 Å². The second kappa shape index (κ2) is 53.6. The van der Waals surface area contributed by atoms with E-state index in [2.05, 4.69) is 67.8 Å². The molecule has 0 bridgehead atoms. The van der Waals surface area contributed by atoms with Crippen molar-refractivity contribution >= 4 is 5.91 Å². The molecule has 19 heteroatoms. The van der Waals surface area contributed by atoms with Crippen LogP contribution >= 0.6 is 0 Å². The predicted octanol–water partition coefficient (Wildman–Crippen LogP) is 9.94. The van der Waals surface area contributed by atoms with E-state index in [-0.39, 0.29) is 18.9 Å². The summed E-state index contributed by atoms with van der Waals surface area (Å²) in [4.78, 5) is 13.4. The Morgan fingerprint density at radius 3 is 1.20 bits per heavy atom. The molecular formula is C72H129NO18. The van der Waals surface area contributed by atoms with Gasteiger partial charge in [0.2, 0.25) is 5.91 Å². The fourth-order valence-electron chi connectivity index (χ4n) is 11.9. The van der Waals surface area contributed by atoms with Crippen molar-refractivity contribution in [3.63, 3.8) is 0 Å². The topological polar surface area (TPSA) is 307 Å². The van der Waals surface area contributed by atoms with Gasteiger partial charge in [-0.2, -0.15) is 0 Å². The van der Waals surface area contributed by atoms with Crippen molar-refractivity contribution in [3.8, 4) is 0 Å². The monoisotopic (exact) mass is 1300 g/mol. The number of unbranched alkanes of at least 4 members (excludes halogenated alkanes) is 31. The lowest BCUT2D eigenvalue weighted by Gasteiger charge is -2.48. The van der Waals surface area contributed by atoms with Gasteiger partial charge in [-0.15, -0.1) is 0 Å². The highest BCUT2D eigenvalue weighted by atomic mass is 16.8. The highest BCUT2D eigenvalue weighted by molar-refractivity contribution is 5.76. The molecule has 0 aromatic carbocycles. The maximum absolute atomic E-state index is 13.4. The third kappa shape index (κ3) is 35.4. The van der Waals surface area contributed by atoms with Gasteiger partial charge in [-0.25, -0.2) is 0 Å². The highest BCUT2D eigenvalue weighted by Gasteiger charge is 2.53. The average Bonchev–Trinajstić information content (AvgIpc) is 0.850. The summed E-state index contributed by atoms with van der Waals surface area (Å²) in [6.45, 7) is 1.66. The zero-order valence-corrected chi connectivity index (χ0v) is 56.1. The van der Waals surface area contributed by atoms with Gasteiger partial charge in [0.15, 0.2) is 18.9 Å². The van der Waals surface area contributed by atoms with E-state index < -0.39 is 124 Å². The van der Waals surface area contributed by atoms with Crippen LogP contribution in [0.3, 0.4) is 0 Å². The average molecular weight is 1300 g/mol. The molecule has 0 aromatic rings. The molecule has 17 unspecified atom stereocenters. The summed E-state index contributed by atoms with van der Waals surface area (Å²) in [7, 11) is 0. The fourth-order valence-corrected chi connectivity index (χ4v) is 11.9. The number of hydrogen-bond donors (Lipinski definition) is 12. The van der Waals surface area contributed by atoms with Crippen LogP contribution in [0.2, 0.25) is 0 Å². The maximum atomic E-state index is 13.4.